The first-order valence-electron chi connectivity index (χ1n) is 17.6. The molecule has 0 saturated carbocycles. The molecule has 18 heteroatoms. The van der Waals surface area contributed by atoms with Gasteiger partial charge in [-0.05, 0) is 40.8 Å². The van der Waals surface area contributed by atoms with Gasteiger partial charge in [0.25, 0.3) is 0 Å². The minimum Gasteiger partial charge on any atom is -0.394 e. The SMILES string of the molecule is CC(C)(CN)CC(c1ccc(CON=CC(O)C(O)C(OC2OC(CO)C(OC3OC(CO)C(O)C(O)C3O)C(O)C2O)C(O)CO)cc1)C(C)(C)C. The third-order valence-corrected chi connectivity index (χ3v) is 9.76. The minimum atomic E-state index is -2.01. The van der Waals surface area contributed by atoms with Gasteiger partial charge < -0.3 is 85.7 Å². The number of hydrogen-bond donors (Lipinski definition) is 12. The van der Waals surface area contributed by atoms with Gasteiger partial charge >= 0.3 is 0 Å². The molecule has 3 rings (SSSR count). The second-order valence-corrected chi connectivity index (χ2v) is 15.6. The summed E-state index contributed by atoms with van der Waals surface area (Å²) < 4.78 is 21.8. The molecule has 15 atom stereocenters. The highest BCUT2D eigenvalue weighted by Crippen LogP contribution is 2.43. The molecular weight excluding hydrogens is 704 g/mol. The molecule has 2 heterocycles. The van der Waals surface area contributed by atoms with E-state index in [-0.39, 0.29) is 23.4 Å². The predicted molar refractivity (Wildman–Crippen MR) is 186 cm³/mol. The lowest BCUT2D eigenvalue weighted by atomic mass is 9.68. The number of aliphatic hydroxyl groups excluding tert-OH is 11. The Labute approximate surface area is 308 Å². The molecule has 2 fully saturated rings. The lowest BCUT2D eigenvalue weighted by molar-refractivity contribution is -0.367. The van der Waals surface area contributed by atoms with Gasteiger partial charge in [-0.3, -0.25) is 0 Å². The maximum absolute atomic E-state index is 10.9. The summed E-state index contributed by atoms with van der Waals surface area (Å²) in [4.78, 5) is 5.31. The smallest absolute Gasteiger partial charge is 0.187 e. The van der Waals surface area contributed by atoms with Crippen LogP contribution in [0.2, 0.25) is 0 Å². The molecule has 18 nitrogen and oxygen atoms in total. The Kier molecular flexibility index (Phi) is 16.9. The van der Waals surface area contributed by atoms with Crippen LogP contribution in [0.3, 0.4) is 0 Å². The van der Waals surface area contributed by atoms with Crippen molar-refractivity contribution < 1.29 is 80.0 Å². The van der Waals surface area contributed by atoms with Gasteiger partial charge in [-0.2, -0.15) is 0 Å². The zero-order valence-corrected chi connectivity index (χ0v) is 30.8. The van der Waals surface area contributed by atoms with Crippen LogP contribution in [0.1, 0.15) is 58.1 Å². The van der Waals surface area contributed by atoms with E-state index in [2.05, 4.69) is 39.8 Å². The maximum atomic E-state index is 10.9. The third kappa shape index (κ3) is 11.8. The lowest BCUT2D eigenvalue weighted by Crippen LogP contribution is -2.65. The second kappa shape index (κ2) is 19.8. The van der Waals surface area contributed by atoms with Crippen molar-refractivity contribution in [1.82, 2.24) is 0 Å². The van der Waals surface area contributed by atoms with Crippen LogP contribution in [0.5, 0.6) is 0 Å². The lowest BCUT2D eigenvalue weighted by Gasteiger charge is -2.46. The molecule has 306 valence electrons. The molecule has 1 aromatic carbocycles. The largest absolute Gasteiger partial charge is 0.394 e. The van der Waals surface area contributed by atoms with E-state index in [1.165, 1.54) is 0 Å². The van der Waals surface area contributed by atoms with Crippen molar-refractivity contribution in [3.05, 3.63) is 35.4 Å². The van der Waals surface area contributed by atoms with Crippen LogP contribution in [0, 0.1) is 10.8 Å². The van der Waals surface area contributed by atoms with Crippen molar-refractivity contribution >= 4 is 6.21 Å². The molecule has 13 N–H and O–H groups in total. The fourth-order valence-electron chi connectivity index (χ4n) is 6.23. The number of benzene rings is 1. The predicted octanol–water partition coefficient (Wildman–Crippen LogP) is -3.22. The summed E-state index contributed by atoms with van der Waals surface area (Å²) in [6.07, 6.45) is -23.3. The molecule has 2 aliphatic rings. The highest BCUT2D eigenvalue weighted by molar-refractivity contribution is 5.63. The van der Waals surface area contributed by atoms with Crippen molar-refractivity contribution in [3.63, 3.8) is 0 Å². The average Bonchev–Trinajstić information content (AvgIpc) is 3.13. The summed E-state index contributed by atoms with van der Waals surface area (Å²) in [6.45, 7) is 8.80. The van der Waals surface area contributed by atoms with Crippen LogP contribution in [-0.4, -0.2) is 175 Å². The van der Waals surface area contributed by atoms with Gasteiger partial charge in [-0.15, -0.1) is 0 Å². The first-order valence-corrected chi connectivity index (χ1v) is 17.6. The van der Waals surface area contributed by atoms with Crippen LogP contribution in [-0.2, 0) is 30.4 Å². The van der Waals surface area contributed by atoms with Crippen molar-refractivity contribution in [3.8, 4) is 0 Å². The van der Waals surface area contributed by atoms with Gasteiger partial charge in [-0.1, -0.05) is 64.0 Å². The number of hydrogen-bond acceptors (Lipinski definition) is 18. The highest BCUT2D eigenvalue weighted by Gasteiger charge is 2.52. The standard InChI is InChI=1S/C35H60N2O16/c1-34(2,3)19(10-35(4,5)16-36)18-8-6-17(7-9-18)15-49-37-11-20(41)24(43)30(21(42)12-38)52-33-29(48)27(46)31(23(14-40)51-33)53-32-28(47)26(45)25(44)22(13-39)50-32/h6-9,11,19-33,38-48H,10,12-16,36H2,1-5H3. The summed E-state index contributed by atoms with van der Waals surface area (Å²) in [7, 11) is 0. The molecule has 2 aliphatic heterocycles. The fraction of sp³-hybridized carbons (Fsp3) is 0.800. The van der Waals surface area contributed by atoms with Crippen LogP contribution in [0.25, 0.3) is 0 Å². The van der Waals surface area contributed by atoms with E-state index in [1.54, 1.807) is 0 Å². The first-order chi connectivity index (χ1) is 24.8. The normalized spacial score (nSPS) is 33.0. The number of nitrogens with two attached hydrogens (primary N) is 1. The average molecular weight is 765 g/mol. The summed E-state index contributed by atoms with van der Waals surface area (Å²) in [5.74, 6) is 0.249. The third-order valence-electron chi connectivity index (χ3n) is 9.76. The monoisotopic (exact) mass is 764 g/mol. The van der Waals surface area contributed by atoms with Gasteiger partial charge in [0.05, 0.1) is 26.0 Å². The number of oxime groups is 1. The van der Waals surface area contributed by atoms with Crippen molar-refractivity contribution in [2.24, 2.45) is 21.7 Å². The summed E-state index contributed by atoms with van der Waals surface area (Å²) >= 11 is 0. The Balaban J connectivity index is 1.63. The van der Waals surface area contributed by atoms with E-state index in [0.29, 0.717) is 6.54 Å². The quantitative estimate of drug-likeness (QED) is 0.0517. The molecule has 15 unspecified atom stereocenters. The molecule has 0 amide bonds. The van der Waals surface area contributed by atoms with Gasteiger partial charge in [0.1, 0.15) is 79.9 Å². The Morgan fingerprint density at radius 1 is 0.811 bits per heavy atom. The molecule has 0 radical (unpaired) electrons. The fourth-order valence-corrected chi connectivity index (χ4v) is 6.23. The zero-order chi connectivity index (χ0) is 39.8. The van der Waals surface area contributed by atoms with Gasteiger partial charge in [0, 0.05) is 0 Å². The molecule has 1 aromatic rings. The van der Waals surface area contributed by atoms with Gasteiger partial charge in [0.15, 0.2) is 12.6 Å². The van der Waals surface area contributed by atoms with Crippen LogP contribution in [0.4, 0.5) is 0 Å². The molecule has 0 aliphatic carbocycles. The first kappa shape index (κ1) is 45.4. The van der Waals surface area contributed by atoms with Crippen LogP contribution >= 0.6 is 0 Å². The van der Waals surface area contributed by atoms with Crippen molar-refractivity contribution in [2.75, 3.05) is 26.4 Å². The maximum Gasteiger partial charge on any atom is 0.187 e. The van der Waals surface area contributed by atoms with E-state index >= 15 is 0 Å². The van der Waals surface area contributed by atoms with Gasteiger partial charge in [-0.25, -0.2) is 0 Å². The molecule has 0 bridgehead atoms. The van der Waals surface area contributed by atoms with Gasteiger partial charge in [0.2, 0.25) is 0 Å². The van der Waals surface area contributed by atoms with Crippen LogP contribution in [0.15, 0.2) is 29.4 Å². The van der Waals surface area contributed by atoms with Crippen molar-refractivity contribution in [1.29, 1.82) is 0 Å². The van der Waals surface area contributed by atoms with E-state index in [9.17, 15) is 56.2 Å². The van der Waals surface area contributed by atoms with E-state index in [0.717, 1.165) is 23.8 Å². The second-order valence-electron chi connectivity index (χ2n) is 15.6. The number of aliphatic hydroxyl groups is 11. The molecule has 53 heavy (non-hydrogen) atoms. The van der Waals surface area contributed by atoms with E-state index in [4.69, 9.17) is 29.5 Å². The Hall–Kier alpha value is -1.95. The molecular formula is C35H60N2O16. The Bertz CT molecular complexity index is 1250. The minimum absolute atomic E-state index is 0.00736. The topological polar surface area (TPSA) is 307 Å². The van der Waals surface area contributed by atoms with E-state index in [1.807, 2.05) is 24.3 Å². The van der Waals surface area contributed by atoms with Crippen LogP contribution < -0.4 is 5.73 Å². The molecule has 0 aromatic heterocycles. The Morgan fingerprint density at radius 3 is 1.94 bits per heavy atom. The summed E-state index contributed by atoms with van der Waals surface area (Å²) in [6, 6.07) is 7.83. The summed E-state index contributed by atoms with van der Waals surface area (Å²) in [5.41, 5.74) is 7.88. The molecule has 0 spiro atoms. The van der Waals surface area contributed by atoms with E-state index < -0.39 is 106 Å². The van der Waals surface area contributed by atoms with Crippen molar-refractivity contribution in [2.45, 2.75) is 139 Å². The highest BCUT2D eigenvalue weighted by atomic mass is 16.7. The Morgan fingerprint density at radius 2 is 1.40 bits per heavy atom. The summed E-state index contributed by atoms with van der Waals surface area (Å²) in [5, 5.41) is 117. The zero-order valence-electron chi connectivity index (χ0n) is 30.8. The number of ether oxygens (including phenoxy) is 4. The molecule has 2 saturated heterocycles. The number of rotatable bonds is 18. The number of nitrogens with zero attached hydrogens (tertiary/aromatic N) is 1.